The molecule has 0 aliphatic carbocycles. The van der Waals surface area contributed by atoms with Gasteiger partial charge in [-0.05, 0) is 6.42 Å². The highest BCUT2D eigenvalue weighted by molar-refractivity contribution is 4.48. The van der Waals surface area contributed by atoms with Crippen LogP contribution in [0.2, 0.25) is 0 Å². The Morgan fingerprint density at radius 1 is 1.57 bits per heavy atom. The van der Waals surface area contributed by atoms with Crippen molar-refractivity contribution in [3.05, 3.63) is 0 Å². The lowest BCUT2D eigenvalue weighted by Gasteiger charge is -1.98. The normalized spacial score (nSPS) is 14.1. The molecule has 1 atom stereocenters. The van der Waals surface area contributed by atoms with Gasteiger partial charge < -0.3 is 10.2 Å². The van der Waals surface area contributed by atoms with E-state index in [-0.39, 0.29) is 13.0 Å². The predicted molar refractivity (Wildman–Crippen MR) is 23.7 cm³/mol. The molecular formula is C4H9FO2. The van der Waals surface area contributed by atoms with E-state index in [4.69, 9.17) is 10.2 Å². The third-order valence-corrected chi connectivity index (χ3v) is 0.640. The highest BCUT2D eigenvalue weighted by Gasteiger charge is 1.98. The van der Waals surface area contributed by atoms with Crippen molar-refractivity contribution in [2.75, 3.05) is 13.3 Å². The Balaban J connectivity index is 2.83. The lowest BCUT2D eigenvalue weighted by atomic mass is 10.3. The van der Waals surface area contributed by atoms with Gasteiger partial charge in [-0.1, -0.05) is 0 Å². The molecule has 0 radical (unpaired) electrons. The number of halogens is 1. The van der Waals surface area contributed by atoms with Crippen molar-refractivity contribution in [3.8, 4) is 0 Å². The first kappa shape index (κ1) is 6.85. The summed E-state index contributed by atoms with van der Waals surface area (Å²) in [6.45, 7) is -0.911. The number of alkyl halides is 1. The summed E-state index contributed by atoms with van der Waals surface area (Å²) in [5.74, 6) is 0. The van der Waals surface area contributed by atoms with Gasteiger partial charge in [-0.2, -0.15) is 0 Å². The Morgan fingerprint density at radius 2 is 2.14 bits per heavy atom. The quantitative estimate of drug-likeness (QED) is 0.521. The molecule has 0 rings (SSSR count). The molecule has 0 aliphatic rings. The Kier molecular flexibility index (Phi) is 3.93. The molecule has 0 spiro atoms. The summed E-state index contributed by atoms with van der Waals surface area (Å²) >= 11 is 0. The van der Waals surface area contributed by atoms with Gasteiger partial charge in [0.2, 0.25) is 0 Å². The number of hydrogen-bond donors (Lipinski definition) is 2. The molecule has 2 nitrogen and oxygen atoms in total. The van der Waals surface area contributed by atoms with Crippen molar-refractivity contribution in [3.63, 3.8) is 0 Å². The molecule has 0 aromatic heterocycles. The van der Waals surface area contributed by atoms with E-state index >= 15 is 0 Å². The smallest absolute Gasteiger partial charge is 0.115 e. The molecule has 2 N–H and O–H groups in total. The standard InChI is InChI=1S/C4H9FO2/c5-3-4(7)1-2-6/h4,6-7H,1-3H2. The molecule has 0 bridgehead atoms. The first-order valence-electron chi connectivity index (χ1n) is 2.16. The molecule has 0 saturated heterocycles. The second-order valence-corrected chi connectivity index (χ2v) is 1.32. The maximum atomic E-state index is 11.2. The number of aliphatic hydroxyl groups excluding tert-OH is 2. The van der Waals surface area contributed by atoms with E-state index in [0.29, 0.717) is 0 Å². The summed E-state index contributed by atoms with van der Waals surface area (Å²) in [5.41, 5.74) is 0. The van der Waals surface area contributed by atoms with Gasteiger partial charge in [0, 0.05) is 6.61 Å². The van der Waals surface area contributed by atoms with Crippen molar-refractivity contribution in [1.29, 1.82) is 0 Å². The van der Waals surface area contributed by atoms with Crippen LogP contribution in [0.1, 0.15) is 6.42 Å². The van der Waals surface area contributed by atoms with Crippen LogP contribution in [0.15, 0.2) is 0 Å². The predicted octanol–water partition coefficient (Wildman–Crippen LogP) is -0.301. The average molecular weight is 108 g/mol. The largest absolute Gasteiger partial charge is 0.396 e. The SMILES string of the molecule is OCCC(O)CF. The van der Waals surface area contributed by atoms with Crippen LogP contribution in [0.4, 0.5) is 4.39 Å². The van der Waals surface area contributed by atoms with Gasteiger partial charge in [0.25, 0.3) is 0 Å². The fourth-order valence-corrected chi connectivity index (χ4v) is 0.226. The van der Waals surface area contributed by atoms with Gasteiger partial charge in [-0.3, -0.25) is 0 Å². The Labute approximate surface area is 41.6 Å². The minimum absolute atomic E-state index is 0.135. The molecule has 7 heavy (non-hydrogen) atoms. The molecule has 44 valence electrons. The van der Waals surface area contributed by atoms with Crippen molar-refractivity contribution in [2.24, 2.45) is 0 Å². The summed E-state index contributed by atoms with van der Waals surface area (Å²) in [6, 6.07) is 0. The zero-order valence-electron chi connectivity index (χ0n) is 3.97. The number of hydrogen-bond acceptors (Lipinski definition) is 2. The topological polar surface area (TPSA) is 40.5 Å². The maximum absolute atomic E-state index is 11.2. The van der Waals surface area contributed by atoms with Crippen LogP contribution < -0.4 is 0 Å². The lowest BCUT2D eigenvalue weighted by Crippen LogP contribution is -2.10. The third-order valence-electron chi connectivity index (χ3n) is 0.640. The summed E-state index contributed by atoms with van der Waals surface area (Å²) in [4.78, 5) is 0. The Bertz CT molecular complexity index is 40.7. The van der Waals surface area contributed by atoms with Crippen LogP contribution >= 0.6 is 0 Å². The third kappa shape index (κ3) is 3.69. The summed E-state index contributed by atoms with van der Waals surface area (Å²) in [7, 11) is 0. The van der Waals surface area contributed by atoms with Gasteiger partial charge in [0.15, 0.2) is 0 Å². The first-order valence-corrected chi connectivity index (χ1v) is 2.16. The van der Waals surface area contributed by atoms with Gasteiger partial charge in [0.1, 0.15) is 6.67 Å². The average Bonchev–Trinajstić information content (AvgIpc) is 1.68. The summed E-state index contributed by atoms with van der Waals surface area (Å²) in [5, 5.41) is 16.4. The van der Waals surface area contributed by atoms with Gasteiger partial charge in [0.05, 0.1) is 6.10 Å². The molecule has 0 saturated carbocycles. The van der Waals surface area contributed by atoms with Gasteiger partial charge in [-0.25, -0.2) is 4.39 Å². The van der Waals surface area contributed by atoms with Crippen molar-refractivity contribution in [1.82, 2.24) is 0 Å². The molecule has 3 heteroatoms. The summed E-state index contributed by atoms with van der Waals surface area (Å²) in [6.07, 6.45) is -0.832. The van der Waals surface area contributed by atoms with Crippen LogP contribution in [0.3, 0.4) is 0 Å². The molecule has 1 unspecified atom stereocenters. The zero-order chi connectivity index (χ0) is 5.70. The molecular weight excluding hydrogens is 99.0 g/mol. The highest BCUT2D eigenvalue weighted by atomic mass is 19.1. The second-order valence-electron chi connectivity index (χ2n) is 1.32. The van der Waals surface area contributed by atoms with E-state index in [2.05, 4.69) is 0 Å². The van der Waals surface area contributed by atoms with Crippen molar-refractivity contribution >= 4 is 0 Å². The van der Waals surface area contributed by atoms with E-state index < -0.39 is 12.8 Å². The molecule has 0 aliphatic heterocycles. The molecule has 0 aromatic carbocycles. The summed E-state index contributed by atoms with van der Waals surface area (Å²) < 4.78 is 11.2. The van der Waals surface area contributed by atoms with Crippen LogP contribution in [0.25, 0.3) is 0 Å². The van der Waals surface area contributed by atoms with Crippen LogP contribution in [0.5, 0.6) is 0 Å². The maximum Gasteiger partial charge on any atom is 0.115 e. The fraction of sp³-hybridized carbons (Fsp3) is 1.00. The molecule has 0 amide bonds. The molecule has 0 aromatic rings. The highest BCUT2D eigenvalue weighted by Crippen LogP contribution is 1.88. The minimum atomic E-state index is -0.968. The fourth-order valence-electron chi connectivity index (χ4n) is 0.226. The van der Waals surface area contributed by atoms with Gasteiger partial charge in [-0.15, -0.1) is 0 Å². The minimum Gasteiger partial charge on any atom is -0.396 e. The van der Waals surface area contributed by atoms with E-state index in [1.54, 1.807) is 0 Å². The Morgan fingerprint density at radius 3 is 2.29 bits per heavy atom. The van der Waals surface area contributed by atoms with E-state index in [1.807, 2.05) is 0 Å². The molecule has 0 heterocycles. The van der Waals surface area contributed by atoms with Crippen molar-refractivity contribution < 1.29 is 14.6 Å². The van der Waals surface area contributed by atoms with Crippen LogP contribution in [0, 0.1) is 0 Å². The van der Waals surface area contributed by atoms with Gasteiger partial charge >= 0.3 is 0 Å². The van der Waals surface area contributed by atoms with Crippen molar-refractivity contribution in [2.45, 2.75) is 12.5 Å². The number of rotatable bonds is 3. The zero-order valence-corrected chi connectivity index (χ0v) is 3.97. The van der Waals surface area contributed by atoms with Crippen LogP contribution in [-0.2, 0) is 0 Å². The Hall–Kier alpha value is -0.150. The monoisotopic (exact) mass is 108 g/mol. The second kappa shape index (κ2) is 4.02. The van der Waals surface area contributed by atoms with E-state index in [9.17, 15) is 4.39 Å². The van der Waals surface area contributed by atoms with Crippen LogP contribution in [-0.4, -0.2) is 29.6 Å². The van der Waals surface area contributed by atoms with E-state index in [1.165, 1.54) is 0 Å². The van der Waals surface area contributed by atoms with E-state index in [0.717, 1.165) is 0 Å². The molecule has 0 fully saturated rings. The first-order chi connectivity index (χ1) is 3.31. The number of aliphatic hydroxyl groups is 2. The lowest BCUT2D eigenvalue weighted by molar-refractivity contribution is 0.107.